The largest absolute Gasteiger partial charge is 0.497 e. The fourth-order valence-electron chi connectivity index (χ4n) is 4.04. The maximum atomic E-state index is 12.7. The van der Waals surface area contributed by atoms with Crippen LogP contribution in [0, 0.1) is 0 Å². The van der Waals surface area contributed by atoms with Crippen molar-refractivity contribution in [3.8, 4) is 5.75 Å². The Labute approximate surface area is 268 Å². The minimum atomic E-state index is -6.12. The highest BCUT2D eigenvalue weighted by molar-refractivity contribution is 7.73. The van der Waals surface area contributed by atoms with Gasteiger partial charge in [0.1, 0.15) is 18.0 Å². The quantitative estimate of drug-likeness (QED) is 0.0983. The molecule has 3 aromatic rings. The molecule has 48 heavy (non-hydrogen) atoms. The molecule has 0 bridgehead atoms. The van der Waals surface area contributed by atoms with Gasteiger partial charge in [0.25, 0.3) is 5.56 Å². The number of phosphoric ester groups is 1. The number of hydrogen-bond donors (Lipinski definition) is 6. The van der Waals surface area contributed by atoms with Crippen LogP contribution in [0.25, 0.3) is 0 Å². The summed E-state index contributed by atoms with van der Waals surface area (Å²) in [6.07, 6.45) is -6.07. The van der Waals surface area contributed by atoms with Gasteiger partial charge in [0.15, 0.2) is 12.3 Å². The third-order valence-electron chi connectivity index (χ3n) is 6.12. The monoisotopic (exact) mass is 758 g/mol. The number of methoxy groups -OCH3 is 1. The third kappa shape index (κ3) is 9.75. The molecule has 1 aliphatic heterocycles. The van der Waals surface area contributed by atoms with Crippen molar-refractivity contribution < 1.29 is 79.4 Å². The number of hydrogen-bond acceptors (Lipinski definition) is 15. The van der Waals surface area contributed by atoms with E-state index in [9.17, 15) is 57.3 Å². The molecule has 1 aliphatic rings. The number of aliphatic hydroxyl groups is 1. The van der Waals surface area contributed by atoms with Crippen molar-refractivity contribution in [2.24, 2.45) is 0 Å². The van der Waals surface area contributed by atoms with Crippen LogP contribution in [-0.2, 0) is 45.2 Å². The molecular weight excluding hydrogens is 732 g/mol. The van der Waals surface area contributed by atoms with E-state index < -0.39 is 84.7 Å². The number of carbonyl (C=O) groups is 1. The Hall–Kier alpha value is -3.09. The number of nitrogens with one attached hydrogen (secondary N) is 1. The van der Waals surface area contributed by atoms with Crippen LogP contribution in [0.2, 0.25) is 0 Å². The summed E-state index contributed by atoms with van der Waals surface area (Å²) in [5, 5.41) is 10.3. The van der Waals surface area contributed by atoms with Gasteiger partial charge in [-0.3, -0.25) is 23.4 Å². The van der Waals surface area contributed by atoms with Crippen LogP contribution in [0.1, 0.15) is 16.6 Å². The van der Waals surface area contributed by atoms with Crippen molar-refractivity contribution in [3.63, 3.8) is 0 Å². The van der Waals surface area contributed by atoms with Crippen molar-refractivity contribution in [3.05, 3.63) is 93.3 Å². The van der Waals surface area contributed by atoms with Gasteiger partial charge in [-0.15, -0.1) is 0 Å². The number of nitrogens with zero attached hydrogens (tertiary/aromatic N) is 1. The molecule has 0 spiro atoms. The Morgan fingerprint density at radius 2 is 1.48 bits per heavy atom. The molecule has 4 rings (SSSR count). The standard InChI is InChI=1S/C23H26N2O19P4/c1-38-15-7-9-16(10-8-15)45(30,31)42-47(34,35)44-48(36,37)43-46(32,33)39-13-17-19(27)20(41-22(28)14-5-3-2-4-6-14)21(40-17)25-12-11-18(26)24-23(25)29/h2-12,17,19-21,27H,13H2,1H3,(H,30,31)(H,32,33)(H,34,35)(H,36,37)(H,24,26,29)/t17-,19+,20?,21-/m1/s1. The molecule has 0 radical (unpaired) electrons. The van der Waals surface area contributed by atoms with Crippen molar-refractivity contribution in [2.75, 3.05) is 13.7 Å². The van der Waals surface area contributed by atoms with Gasteiger partial charge in [0.05, 0.1) is 24.6 Å². The van der Waals surface area contributed by atoms with Crippen molar-refractivity contribution in [1.82, 2.24) is 9.55 Å². The molecular formula is C23H26N2O19P4. The SMILES string of the molecule is COc1ccc(P(=O)(O)OP(=O)(O)OP(=O)(O)OP(=O)(O)OC[C@H]2O[C@@H](n3ccc(=O)[nH]c3=O)C(OC(=O)c3ccccc3)[C@H]2O)cc1. The third-order valence-corrected chi connectivity index (χ3v) is 12.6. The van der Waals surface area contributed by atoms with Gasteiger partial charge in [0, 0.05) is 12.3 Å². The zero-order valence-corrected chi connectivity index (χ0v) is 27.6. The zero-order chi connectivity index (χ0) is 35.5. The Morgan fingerprint density at radius 3 is 2.08 bits per heavy atom. The minimum Gasteiger partial charge on any atom is -0.497 e. The number of phosphoric acid groups is 3. The van der Waals surface area contributed by atoms with E-state index in [-0.39, 0.29) is 11.3 Å². The van der Waals surface area contributed by atoms with Crippen molar-refractivity contribution >= 4 is 42.3 Å². The lowest BCUT2D eigenvalue weighted by Crippen LogP contribution is -2.40. The predicted octanol–water partition coefficient (Wildman–Crippen LogP) is 0.908. The molecule has 6 N–H and O–H groups in total. The lowest BCUT2D eigenvalue weighted by Gasteiger charge is -2.22. The molecule has 21 nitrogen and oxygen atoms in total. The molecule has 25 heteroatoms. The van der Waals surface area contributed by atoms with Gasteiger partial charge in [0.2, 0.25) is 0 Å². The van der Waals surface area contributed by atoms with Crippen LogP contribution >= 0.6 is 31.1 Å². The van der Waals surface area contributed by atoms with E-state index in [0.717, 1.165) is 29.0 Å². The zero-order valence-electron chi connectivity index (χ0n) is 24.1. The maximum absolute atomic E-state index is 12.7. The Kier molecular flexibility index (Phi) is 11.6. The molecule has 5 unspecified atom stereocenters. The number of esters is 1. The van der Waals surface area contributed by atoms with E-state index in [2.05, 4.69) is 17.5 Å². The number of carbonyl (C=O) groups excluding carboxylic acids is 1. The lowest BCUT2D eigenvalue weighted by atomic mass is 10.1. The first kappa shape index (κ1) is 37.7. The van der Waals surface area contributed by atoms with Crippen molar-refractivity contribution in [2.45, 2.75) is 24.5 Å². The topological polar surface area (TPSA) is 306 Å². The van der Waals surface area contributed by atoms with E-state index in [4.69, 9.17) is 14.2 Å². The summed E-state index contributed by atoms with van der Waals surface area (Å²) < 4.78 is 82.5. The van der Waals surface area contributed by atoms with Crippen molar-refractivity contribution in [1.29, 1.82) is 0 Å². The molecule has 0 aliphatic carbocycles. The van der Waals surface area contributed by atoms with E-state index in [1.807, 2.05) is 4.98 Å². The van der Waals surface area contributed by atoms with Crippen LogP contribution in [-0.4, -0.2) is 72.2 Å². The van der Waals surface area contributed by atoms with Crippen LogP contribution in [0.15, 0.2) is 76.4 Å². The number of aromatic nitrogens is 2. The summed E-state index contributed by atoms with van der Waals surface area (Å²) in [6.45, 7) is -1.18. The van der Waals surface area contributed by atoms with E-state index in [1.165, 1.54) is 43.5 Å². The smallest absolute Gasteiger partial charge is 0.490 e. The van der Waals surface area contributed by atoms with E-state index >= 15 is 0 Å². The number of benzene rings is 2. The van der Waals surface area contributed by atoms with Gasteiger partial charge < -0.3 is 38.9 Å². The van der Waals surface area contributed by atoms with Crippen LogP contribution in [0.3, 0.4) is 0 Å². The van der Waals surface area contributed by atoms with Gasteiger partial charge in [-0.05, 0) is 36.4 Å². The Bertz CT molecular complexity index is 1930. The summed E-state index contributed by atoms with van der Waals surface area (Å²) in [5.74, 6) is -0.758. The summed E-state index contributed by atoms with van der Waals surface area (Å²) in [6, 6.07) is 12.6. The summed E-state index contributed by atoms with van der Waals surface area (Å²) in [4.78, 5) is 78.4. The molecule has 0 amide bonds. The van der Waals surface area contributed by atoms with Gasteiger partial charge >= 0.3 is 42.7 Å². The molecule has 8 atom stereocenters. The second kappa shape index (κ2) is 14.8. The first-order chi connectivity index (χ1) is 22.3. The van der Waals surface area contributed by atoms with Crippen LogP contribution in [0.4, 0.5) is 0 Å². The average Bonchev–Trinajstić information content (AvgIpc) is 3.29. The first-order valence-corrected chi connectivity index (χ1v) is 19.0. The number of aliphatic hydroxyl groups excluding tert-OH is 1. The molecule has 1 saturated heterocycles. The molecule has 1 fully saturated rings. The highest BCUT2D eigenvalue weighted by Crippen LogP contribution is 2.71. The lowest BCUT2D eigenvalue weighted by molar-refractivity contribution is -0.0597. The highest BCUT2D eigenvalue weighted by Gasteiger charge is 2.50. The fourth-order valence-corrected chi connectivity index (χ4v) is 9.45. The fraction of sp³-hybridized carbons (Fsp3) is 0.261. The maximum Gasteiger partial charge on any atom is 0.490 e. The summed E-state index contributed by atoms with van der Waals surface area (Å²) >= 11 is 0. The molecule has 262 valence electrons. The highest BCUT2D eigenvalue weighted by atomic mass is 31.3. The van der Waals surface area contributed by atoms with Gasteiger partial charge in [-0.1, -0.05) is 18.2 Å². The Morgan fingerprint density at radius 1 is 0.875 bits per heavy atom. The van der Waals surface area contributed by atoms with Crippen LogP contribution < -0.4 is 21.3 Å². The van der Waals surface area contributed by atoms with Gasteiger partial charge in [-0.25, -0.2) is 27.6 Å². The predicted molar refractivity (Wildman–Crippen MR) is 158 cm³/mol. The number of H-pyrrole nitrogens is 1. The number of aromatic amines is 1. The number of ether oxygens (including phenoxy) is 3. The summed E-state index contributed by atoms with van der Waals surface area (Å²) in [5.41, 5.74) is -1.84. The second-order valence-electron chi connectivity index (χ2n) is 9.47. The van der Waals surface area contributed by atoms with E-state index in [1.54, 1.807) is 6.07 Å². The molecule has 2 aromatic carbocycles. The molecule has 1 aromatic heterocycles. The molecule has 2 heterocycles. The second-order valence-corrected chi connectivity index (χ2v) is 16.1. The normalized spacial score (nSPS) is 24.4. The summed E-state index contributed by atoms with van der Waals surface area (Å²) in [7, 11) is -21.8. The van der Waals surface area contributed by atoms with Gasteiger partial charge in [-0.2, -0.15) is 8.62 Å². The average molecular weight is 758 g/mol. The minimum absolute atomic E-state index is 0.0237. The van der Waals surface area contributed by atoms with Crippen LogP contribution in [0.5, 0.6) is 5.75 Å². The number of rotatable bonds is 14. The first-order valence-electron chi connectivity index (χ1n) is 13.0. The molecule has 0 saturated carbocycles. The Balaban J connectivity index is 1.44. The van der Waals surface area contributed by atoms with E-state index in [0.29, 0.717) is 0 Å².